The van der Waals surface area contributed by atoms with E-state index in [0.717, 1.165) is 0 Å². The van der Waals surface area contributed by atoms with Crippen molar-refractivity contribution in [2.45, 2.75) is 44.1 Å². The Bertz CT molecular complexity index is 606. The van der Waals surface area contributed by atoms with E-state index in [1.807, 2.05) is 0 Å². The lowest BCUT2D eigenvalue weighted by atomic mass is 9.99. The number of aliphatic hydroxyl groups excluding tert-OH is 4. The smallest absolute Gasteiger partial charge is 0.229 e. The predicted octanol–water partition coefficient (Wildman–Crippen LogP) is -0.986. The molecule has 4 N–H and O–H groups in total. The summed E-state index contributed by atoms with van der Waals surface area (Å²) in [5.41, 5.74) is 0.646. The molecule has 0 aliphatic carbocycles. The van der Waals surface area contributed by atoms with Gasteiger partial charge in [0.25, 0.3) is 0 Å². The van der Waals surface area contributed by atoms with Gasteiger partial charge in [-0.1, -0.05) is 0 Å². The van der Waals surface area contributed by atoms with Crippen molar-refractivity contribution in [3.63, 3.8) is 0 Å². The van der Waals surface area contributed by atoms with E-state index in [1.54, 1.807) is 12.1 Å². The molecule has 26 heavy (non-hydrogen) atoms. The summed E-state index contributed by atoms with van der Waals surface area (Å²) < 4.78 is 21.5. The molecular weight excluding hydrogens is 348 g/mol. The number of hydrogen-bond acceptors (Lipinski definition) is 9. The maximum atomic E-state index is 11.4. The fourth-order valence-corrected chi connectivity index (χ4v) is 2.72. The van der Waals surface area contributed by atoms with Crippen molar-refractivity contribution in [2.24, 2.45) is 0 Å². The second-order valence-electron chi connectivity index (χ2n) is 6.02. The third-order valence-corrected chi connectivity index (χ3v) is 4.06. The number of carbonyl (C=O) groups excluding carboxylic acids is 1. The van der Waals surface area contributed by atoms with Crippen LogP contribution in [0, 0.1) is 0 Å². The predicted molar refractivity (Wildman–Crippen MR) is 88.3 cm³/mol. The SMILES string of the molecule is COc1cc(CC(C)=O)cc(OC)c1O[C@@H]1O[C@H](CO)[C@@H](O)[C@H](O)[C@H]1O. The quantitative estimate of drug-likeness (QED) is 0.476. The summed E-state index contributed by atoms with van der Waals surface area (Å²) >= 11 is 0. The number of hydrogen-bond donors (Lipinski definition) is 4. The van der Waals surface area contributed by atoms with Gasteiger partial charge in [0.2, 0.25) is 12.0 Å². The normalized spacial score (nSPS) is 28.5. The van der Waals surface area contributed by atoms with E-state index in [0.29, 0.717) is 5.56 Å². The maximum Gasteiger partial charge on any atom is 0.229 e. The Balaban J connectivity index is 2.33. The third kappa shape index (κ3) is 4.25. The summed E-state index contributed by atoms with van der Waals surface area (Å²) in [7, 11) is 2.79. The number of carbonyl (C=O) groups is 1. The Morgan fingerprint density at radius 1 is 1.08 bits per heavy atom. The van der Waals surface area contributed by atoms with E-state index in [1.165, 1.54) is 21.1 Å². The molecule has 1 saturated heterocycles. The lowest BCUT2D eigenvalue weighted by Crippen LogP contribution is -2.60. The fourth-order valence-electron chi connectivity index (χ4n) is 2.72. The first-order valence-electron chi connectivity index (χ1n) is 8.03. The molecule has 0 spiro atoms. The summed E-state index contributed by atoms with van der Waals surface area (Å²) in [6.45, 7) is 0.883. The molecule has 1 aliphatic rings. The van der Waals surface area contributed by atoms with Crippen molar-refractivity contribution in [3.8, 4) is 17.2 Å². The zero-order chi connectivity index (χ0) is 19.4. The van der Waals surface area contributed by atoms with Crippen LogP contribution in [0.1, 0.15) is 12.5 Å². The van der Waals surface area contributed by atoms with E-state index in [-0.39, 0.29) is 29.5 Å². The van der Waals surface area contributed by atoms with Gasteiger partial charge in [0.15, 0.2) is 11.5 Å². The molecule has 9 heteroatoms. The molecule has 1 fully saturated rings. The van der Waals surface area contributed by atoms with Crippen LogP contribution in [-0.4, -0.2) is 77.7 Å². The Morgan fingerprint density at radius 2 is 1.65 bits per heavy atom. The first-order chi connectivity index (χ1) is 12.3. The molecular formula is C17H24O9. The Labute approximate surface area is 150 Å². The van der Waals surface area contributed by atoms with Gasteiger partial charge in [-0.25, -0.2) is 0 Å². The molecule has 1 aromatic rings. The molecule has 0 unspecified atom stereocenters. The molecule has 2 rings (SSSR count). The molecule has 0 bridgehead atoms. The largest absolute Gasteiger partial charge is 0.493 e. The number of methoxy groups -OCH3 is 2. The minimum Gasteiger partial charge on any atom is -0.493 e. The molecule has 1 heterocycles. The highest BCUT2D eigenvalue weighted by molar-refractivity contribution is 5.78. The van der Waals surface area contributed by atoms with E-state index in [2.05, 4.69) is 0 Å². The summed E-state index contributed by atoms with van der Waals surface area (Å²) in [5.74, 6) is 0.512. The molecule has 0 radical (unpaired) electrons. The first kappa shape index (κ1) is 20.4. The summed E-state index contributed by atoms with van der Waals surface area (Å²) in [6.07, 6.45) is -6.94. The van der Waals surface area contributed by atoms with Crippen LogP contribution < -0.4 is 14.2 Å². The minimum absolute atomic E-state index is 0.0447. The average molecular weight is 372 g/mol. The van der Waals surface area contributed by atoms with Gasteiger partial charge in [-0.15, -0.1) is 0 Å². The van der Waals surface area contributed by atoms with Crippen LogP contribution in [0.15, 0.2) is 12.1 Å². The lowest BCUT2D eigenvalue weighted by Gasteiger charge is -2.39. The lowest BCUT2D eigenvalue weighted by molar-refractivity contribution is -0.277. The maximum absolute atomic E-state index is 11.4. The molecule has 5 atom stereocenters. The van der Waals surface area contributed by atoms with Crippen LogP contribution in [0.25, 0.3) is 0 Å². The van der Waals surface area contributed by atoms with Crippen molar-refractivity contribution in [3.05, 3.63) is 17.7 Å². The molecule has 0 aromatic heterocycles. The number of aliphatic hydroxyl groups is 4. The van der Waals surface area contributed by atoms with E-state index in [9.17, 15) is 25.2 Å². The van der Waals surface area contributed by atoms with Crippen molar-refractivity contribution in [1.82, 2.24) is 0 Å². The van der Waals surface area contributed by atoms with E-state index >= 15 is 0 Å². The highest BCUT2D eigenvalue weighted by atomic mass is 16.7. The number of benzene rings is 1. The standard InChI is InChI=1S/C17H24O9/c1-8(19)4-9-5-10(23-2)16(11(6-9)24-3)26-17-15(22)14(21)13(20)12(7-18)25-17/h5-6,12-15,17-18,20-22H,4,7H2,1-3H3/t12-,13-,14+,15-,17+/m1/s1. The zero-order valence-electron chi connectivity index (χ0n) is 14.8. The number of ether oxygens (including phenoxy) is 4. The summed E-state index contributed by atoms with van der Waals surface area (Å²) in [5, 5.41) is 39.1. The Hall–Kier alpha value is -1.91. The van der Waals surface area contributed by atoms with E-state index < -0.39 is 37.3 Å². The minimum atomic E-state index is -1.57. The molecule has 0 amide bonds. The second kappa shape index (κ2) is 8.65. The molecule has 1 aromatic carbocycles. The topological polar surface area (TPSA) is 135 Å². The Kier molecular flexibility index (Phi) is 6.79. The highest BCUT2D eigenvalue weighted by Gasteiger charge is 2.45. The zero-order valence-corrected chi connectivity index (χ0v) is 14.8. The Morgan fingerprint density at radius 3 is 2.12 bits per heavy atom. The van der Waals surface area contributed by atoms with Crippen molar-refractivity contribution in [2.75, 3.05) is 20.8 Å². The van der Waals surface area contributed by atoms with Gasteiger partial charge < -0.3 is 39.4 Å². The van der Waals surface area contributed by atoms with Crippen LogP contribution >= 0.6 is 0 Å². The monoisotopic (exact) mass is 372 g/mol. The van der Waals surface area contributed by atoms with Crippen LogP contribution in [0.4, 0.5) is 0 Å². The van der Waals surface area contributed by atoms with Crippen molar-refractivity contribution >= 4 is 5.78 Å². The van der Waals surface area contributed by atoms with Gasteiger partial charge in [0.1, 0.15) is 30.2 Å². The number of Topliss-reactive ketones (excluding diaryl/α,β-unsaturated/α-hetero) is 1. The van der Waals surface area contributed by atoms with Gasteiger partial charge >= 0.3 is 0 Å². The first-order valence-corrected chi connectivity index (χ1v) is 8.03. The van der Waals surface area contributed by atoms with Gasteiger partial charge in [0, 0.05) is 6.42 Å². The van der Waals surface area contributed by atoms with Gasteiger partial charge in [0.05, 0.1) is 20.8 Å². The molecule has 146 valence electrons. The summed E-state index contributed by atoms with van der Waals surface area (Å²) in [6, 6.07) is 3.17. The van der Waals surface area contributed by atoms with Crippen LogP contribution in [-0.2, 0) is 16.0 Å². The van der Waals surface area contributed by atoms with Gasteiger partial charge in [-0.2, -0.15) is 0 Å². The fraction of sp³-hybridized carbons (Fsp3) is 0.588. The van der Waals surface area contributed by atoms with Crippen molar-refractivity contribution < 1.29 is 44.2 Å². The molecule has 0 saturated carbocycles. The average Bonchev–Trinajstić information content (AvgIpc) is 2.62. The molecule has 1 aliphatic heterocycles. The van der Waals surface area contributed by atoms with Crippen molar-refractivity contribution in [1.29, 1.82) is 0 Å². The molecule has 9 nitrogen and oxygen atoms in total. The second-order valence-corrected chi connectivity index (χ2v) is 6.02. The van der Waals surface area contributed by atoms with Crippen LogP contribution in [0.2, 0.25) is 0 Å². The summed E-state index contributed by atoms with van der Waals surface area (Å²) in [4.78, 5) is 11.4. The van der Waals surface area contributed by atoms with Gasteiger partial charge in [-0.05, 0) is 24.6 Å². The van der Waals surface area contributed by atoms with E-state index in [4.69, 9.17) is 18.9 Å². The third-order valence-electron chi connectivity index (χ3n) is 4.06. The highest BCUT2D eigenvalue weighted by Crippen LogP contribution is 2.40. The van der Waals surface area contributed by atoms with Gasteiger partial charge in [-0.3, -0.25) is 4.79 Å². The number of rotatable bonds is 7. The van der Waals surface area contributed by atoms with Crippen LogP contribution in [0.5, 0.6) is 17.2 Å². The number of ketones is 1. The van der Waals surface area contributed by atoms with Crippen LogP contribution in [0.3, 0.4) is 0 Å².